The number of hydrogen-bond donors (Lipinski definition) is 0. The van der Waals surface area contributed by atoms with E-state index in [1.54, 1.807) is 28.4 Å². The lowest BCUT2D eigenvalue weighted by molar-refractivity contribution is 0.0127. The minimum absolute atomic E-state index is 0.106. The average Bonchev–Trinajstić information content (AvgIpc) is 3.27. The molecule has 0 aromatic carbocycles. The van der Waals surface area contributed by atoms with Crippen LogP contribution in [0.4, 0.5) is 0 Å². The summed E-state index contributed by atoms with van der Waals surface area (Å²) in [5, 5.41) is -0.177. The molecule has 3 fully saturated rings. The molecule has 0 radical (unpaired) electrons. The molecule has 8 heteroatoms. The van der Waals surface area contributed by atoms with Gasteiger partial charge in [0.2, 0.25) is 10.0 Å². The second-order valence-corrected chi connectivity index (χ2v) is 9.51. The van der Waals surface area contributed by atoms with Gasteiger partial charge in [0, 0.05) is 44.7 Å². The van der Waals surface area contributed by atoms with Gasteiger partial charge in [-0.05, 0) is 25.3 Å². The molecule has 0 unspecified atom stereocenters. The van der Waals surface area contributed by atoms with Crippen LogP contribution in [0.3, 0.4) is 0 Å². The summed E-state index contributed by atoms with van der Waals surface area (Å²) in [5.41, 5.74) is 0.0575. The first-order valence-electron chi connectivity index (χ1n) is 8.27. The highest BCUT2D eigenvalue weighted by Gasteiger charge is 2.53. The molecule has 24 heavy (non-hydrogen) atoms. The topological polar surface area (TPSA) is 79.7 Å². The number of aromatic nitrogens is 1. The molecule has 1 saturated carbocycles. The van der Waals surface area contributed by atoms with E-state index in [1.807, 2.05) is 0 Å². The van der Waals surface area contributed by atoms with Crippen molar-refractivity contribution in [3.05, 3.63) is 34.2 Å². The Hall–Kier alpha value is -1.67. The van der Waals surface area contributed by atoms with Crippen molar-refractivity contribution in [2.75, 3.05) is 26.2 Å². The zero-order valence-corrected chi connectivity index (χ0v) is 14.5. The maximum Gasteiger partial charge on any atom is 0.270 e. The van der Waals surface area contributed by atoms with Gasteiger partial charge in [0.05, 0.1) is 5.25 Å². The zero-order valence-electron chi connectivity index (χ0n) is 13.6. The molecule has 1 spiro atoms. The summed E-state index contributed by atoms with van der Waals surface area (Å²) in [6.45, 7) is 2.20. The summed E-state index contributed by atoms with van der Waals surface area (Å²) in [5.74, 6) is -0.163. The monoisotopic (exact) mass is 351 g/mol. The van der Waals surface area contributed by atoms with Crippen molar-refractivity contribution in [1.29, 1.82) is 0 Å². The van der Waals surface area contributed by atoms with E-state index in [0.717, 1.165) is 19.3 Å². The molecule has 1 aromatic heterocycles. The van der Waals surface area contributed by atoms with Crippen LogP contribution in [-0.4, -0.2) is 59.5 Å². The number of pyridine rings is 1. The van der Waals surface area contributed by atoms with E-state index >= 15 is 0 Å². The van der Waals surface area contributed by atoms with Crippen molar-refractivity contribution in [2.24, 2.45) is 12.5 Å². The van der Waals surface area contributed by atoms with Crippen LogP contribution in [0.15, 0.2) is 23.0 Å². The SMILES string of the molecule is Cn1c(C(=O)N2CC3(CCN(S(=O)(=O)C4CC4)C3)C2)cccc1=O. The van der Waals surface area contributed by atoms with Gasteiger partial charge in [-0.3, -0.25) is 9.59 Å². The maximum absolute atomic E-state index is 12.6. The summed E-state index contributed by atoms with van der Waals surface area (Å²) < 4.78 is 27.7. The molecule has 1 amide bonds. The fraction of sp³-hybridized carbons (Fsp3) is 0.625. The summed E-state index contributed by atoms with van der Waals surface area (Å²) in [7, 11) is -1.54. The molecule has 0 N–H and O–H groups in total. The van der Waals surface area contributed by atoms with Crippen molar-refractivity contribution in [3.8, 4) is 0 Å². The van der Waals surface area contributed by atoms with Gasteiger partial charge in [0.1, 0.15) is 5.69 Å². The van der Waals surface area contributed by atoms with E-state index in [0.29, 0.717) is 31.9 Å². The molecule has 130 valence electrons. The number of nitrogens with zero attached hydrogens (tertiary/aromatic N) is 3. The second kappa shape index (κ2) is 5.16. The van der Waals surface area contributed by atoms with E-state index in [-0.39, 0.29) is 22.1 Å². The molecule has 1 aliphatic carbocycles. The molecular weight excluding hydrogens is 330 g/mol. The highest BCUT2D eigenvalue weighted by Crippen LogP contribution is 2.43. The van der Waals surface area contributed by atoms with Gasteiger partial charge in [-0.1, -0.05) is 6.07 Å². The smallest absolute Gasteiger partial charge is 0.270 e. The molecule has 3 heterocycles. The molecule has 0 bridgehead atoms. The molecule has 0 atom stereocenters. The largest absolute Gasteiger partial charge is 0.336 e. The number of sulfonamides is 1. The Balaban J connectivity index is 1.44. The number of hydrogen-bond acceptors (Lipinski definition) is 4. The third-order valence-electron chi connectivity index (χ3n) is 5.45. The molecule has 4 rings (SSSR count). The van der Waals surface area contributed by atoms with Crippen LogP contribution in [0.1, 0.15) is 29.8 Å². The Morgan fingerprint density at radius 1 is 1.21 bits per heavy atom. The predicted molar refractivity (Wildman–Crippen MR) is 88.2 cm³/mol. The van der Waals surface area contributed by atoms with Gasteiger partial charge in [0.25, 0.3) is 11.5 Å². The number of amides is 1. The van der Waals surface area contributed by atoms with Gasteiger partial charge < -0.3 is 9.47 Å². The lowest BCUT2D eigenvalue weighted by atomic mass is 9.79. The Morgan fingerprint density at radius 3 is 2.58 bits per heavy atom. The van der Waals surface area contributed by atoms with Crippen LogP contribution >= 0.6 is 0 Å². The van der Waals surface area contributed by atoms with E-state index in [4.69, 9.17) is 0 Å². The third kappa shape index (κ3) is 2.39. The third-order valence-corrected chi connectivity index (χ3v) is 7.80. The Labute approximate surface area is 140 Å². The Morgan fingerprint density at radius 2 is 1.92 bits per heavy atom. The highest BCUT2D eigenvalue weighted by atomic mass is 32.2. The highest BCUT2D eigenvalue weighted by molar-refractivity contribution is 7.90. The van der Waals surface area contributed by atoms with E-state index in [2.05, 4.69) is 0 Å². The quantitative estimate of drug-likeness (QED) is 0.769. The van der Waals surface area contributed by atoms with Crippen LogP contribution in [0.25, 0.3) is 0 Å². The van der Waals surface area contributed by atoms with Crippen LogP contribution in [0, 0.1) is 5.41 Å². The first-order valence-corrected chi connectivity index (χ1v) is 9.77. The normalized spacial score (nSPS) is 23.5. The van der Waals surface area contributed by atoms with Crippen molar-refractivity contribution >= 4 is 15.9 Å². The minimum atomic E-state index is -3.13. The molecule has 7 nitrogen and oxygen atoms in total. The minimum Gasteiger partial charge on any atom is -0.336 e. The Bertz CT molecular complexity index is 850. The van der Waals surface area contributed by atoms with Crippen molar-refractivity contribution in [3.63, 3.8) is 0 Å². The molecule has 3 aliphatic rings. The number of carbonyl (C=O) groups is 1. The molecule has 1 aromatic rings. The van der Waals surface area contributed by atoms with Gasteiger partial charge in [-0.15, -0.1) is 0 Å². The predicted octanol–water partition coefficient (Wildman–Crippen LogP) is 0.0254. The lowest BCUT2D eigenvalue weighted by Crippen LogP contribution is -2.60. The summed E-state index contributed by atoms with van der Waals surface area (Å²) in [6.07, 6.45) is 2.35. The summed E-state index contributed by atoms with van der Waals surface area (Å²) >= 11 is 0. The van der Waals surface area contributed by atoms with Gasteiger partial charge in [0.15, 0.2) is 0 Å². The number of likely N-dealkylation sites (tertiary alicyclic amines) is 1. The van der Waals surface area contributed by atoms with Crippen molar-refractivity contribution in [2.45, 2.75) is 24.5 Å². The lowest BCUT2D eigenvalue weighted by Gasteiger charge is -2.48. The van der Waals surface area contributed by atoms with Gasteiger partial charge >= 0.3 is 0 Å². The van der Waals surface area contributed by atoms with Crippen molar-refractivity contribution < 1.29 is 13.2 Å². The standard InChI is InChI=1S/C16H21N3O4S/c1-17-13(3-2-4-14(17)20)15(21)18-9-16(10-18)7-8-19(11-16)24(22,23)12-5-6-12/h2-4,12H,5-11H2,1H3. The second-order valence-electron chi connectivity index (χ2n) is 7.30. The first kappa shape index (κ1) is 15.8. The van der Waals surface area contributed by atoms with Crippen LogP contribution < -0.4 is 5.56 Å². The molecular formula is C16H21N3O4S. The van der Waals surface area contributed by atoms with Gasteiger partial charge in [-0.2, -0.15) is 0 Å². The summed E-state index contributed by atoms with van der Waals surface area (Å²) in [4.78, 5) is 25.9. The van der Waals surface area contributed by atoms with Crippen molar-refractivity contribution in [1.82, 2.24) is 13.8 Å². The first-order chi connectivity index (χ1) is 11.3. The van der Waals surface area contributed by atoms with Crippen LogP contribution in [-0.2, 0) is 17.1 Å². The fourth-order valence-electron chi connectivity index (χ4n) is 3.79. The average molecular weight is 351 g/mol. The van der Waals surface area contributed by atoms with Crippen LogP contribution in [0.5, 0.6) is 0 Å². The van der Waals surface area contributed by atoms with Gasteiger partial charge in [-0.25, -0.2) is 12.7 Å². The zero-order chi connectivity index (χ0) is 17.1. The molecule has 2 saturated heterocycles. The van der Waals surface area contributed by atoms with E-state index in [9.17, 15) is 18.0 Å². The van der Waals surface area contributed by atoms with Crippen LogP contribution in [0.2, 0.25) is 0 Å². The Kier molecular flexibility index (Phi) is 3.41. The number of rotatable bonds is 3. The summed E-state index contributed by atoms with van der Waals surface area (Å²) in [6, 6.07) is 4.66. The fourth-order valence-corrected chi connectivity index (χ4v) is 5.75. The number of carbonyl (C=O) groups excluding carboxylic acids is 1. The maximum atomic E-state index is 12.6. The van der Waals surface area contributed by atoms with E-state index < -0.39 is 10.0 Å². The van der Waals surface area contributed by atoms with E-state index in [1.165, 1.54) is 10.6 Å². The molecule has 2 aliphatic heterocycles.